The number of carbonyl (C=O) groups is 2. The molecule has 8 nitrogen and oxygen atoms in total. The molecular formula is C15H20N4O4. The van der Waals surface area contributed by atoms with Gasteiger partial charge in [-0.2, -0.15) is 0 Å². The van der Waals surface area contributed by atoms with Crippen molar-refractivity contribution in [2.75, 3.05) is 6.54 Å². The molecule has 0 aromatic heterocycles. The number of piperidine rings is 1. The zero-order valence-electron chi connectivity index (χ0n) is 12.9. The summed E-state index contributed by atoms with van der Waals surface area (Å²) in [5, 5.41) is 11.3. The van der Waals surface area contributed by atoms with E-state index in [9.17, 15) is 19.7 Å². The quantitative estimate of drug-likeness (QED) is 0.611. The Bertz CT molecular complexity index is 646. The fourth-order valence-corrected chi connectivity index (χ4v) is 2.87. The summed E-state index contributed by atoms with van der Waals surface area (Å²) in [4.78, 5) is 35.3. The Hall–Kier alpha value is -2.48. The molecule has 0 spiro atoms. The number of nitro groups is 1. The lowest BCUT2D eigenvalue weighted by molar-refractivity contribution is -0.385. The highest BCUT2D eigenvalue weighted by molar-refractivity contribution is 5.93. The van der Waals surface area contributed by atoms with Crippen molar-refractivity contribution in [2.45, 2.75) is 32.4 Å². The van der Waals surface area contributed by atoms with E-state index in [1.165, 1.54) is 12.1 Å². The first-order chi connectivity index (χ1) is 10.8. The number of nitrogens with zero attached hydrogens (tertiary/aromatic N) is 2. The van der Waals surface area contributed by atoms with Crippen LogP contribution in [-0.2, 0) is 11.3 Å². The van der Waals surface area contributed by atoms with Crippen LogP contribution in [0.4, 0.5) is 5.69 Å². The summed E-state index contributed by atoms with van der Waals surface area (Å²) < 4.78 is 0. The minimum Gasteiger partial charge on any atom is -0.369 e. The van der Waals surface area contributed by atoms with E-state index in [4.69, 9.17) is 11.5 Å². The molecule has 124 valence electrons. The standard InChI is InChI=1S/C15H20N4O4/c1-9-2-3-12(15(17)21)8-18(9)7-11-5-4-10(14(16)20)6-13(11)19(22)23/h4-6,9,12H,2-3,7-8H2,1H3,(H2,16,20)(H2,17,21)/t9-,12-/m1/s1. The molecule has 2 rings (SSSR count). The Balaban J connectivity index is 2.26. The smallest absolute Gasteiger partial charge is 0.274 e. The van der Waals surface area contributed by atoms with E-state index in [-0.39, 0.29) is 29.1 Å². The molecule has 1 heterocycles. The van der Waals surface area contributed by atoms with Gasteiger partial charge in [-0.25, -0.2) is 0 Å². The second kappa shape index (κ2) is 6.74. The van der Waals surface area contributed by atoms with Gasteiger partial charge in [-0.05, 0) is 25.8 Å². The molecule has 0 aliphatic carbocycles. The van der Waals surface area contributed by atoms with Crippen molar-refractivity contribution in [3.05, 3.63) is 39.4 Å². The van der Waals surface area contributed by atoms with Gasteiger partial charge in [0, 0.05) is 36.3 Å². The average Bonchev–Trinajstić information content (AvgIpc) is 2.49. The van der Waals surface area contributed by atoms with E-state index in [1.807, 2.05) is 11.8 Å². The third-order valence-electron chi connectivity index (χ3n) is 4.35. The van der Waals surface area contributed by atoms with Gasteiger partial charge in [0.25, 0.3) is 5.69 Å². The van der Waals surface area contributed by atoms with Crippen molar-refractivity contribution >= 4 is 17.5 Å². The van der Waals surface area contributed by atoms with Crippen LogP contribution in [0.25, 0.3) is 0 Å². The summed E-state index contributed by atoms with van der Waals surface area (Å²) in [6, 6.07) is 4.41. The lowest BCUT2D eigenvalue weighted by atomic mass is 9.92. The van der Waals surface area contributed by atoms with Gasteiger partial charge < -0.3 is 11.5 Å². The monoisotopic (exact) mass is 320 g/mol. The summed E-state index contributed by atoms with van der Waals surface area (Å²) in [6.45, 7) is 2.81. The van der Waals surface area contributed by atoms with Crippen LogP contribution < -0.4 is 11.5 Å². The van der Waals surface area contributed by atoms with Gasteiger partial charge in [-0.15, -0.1) is 0 Å². The summed E-state index contributed by atoms with van der Waals surface area (Å²) in [5.41, 5.74) is 11.0. The Morgan fingerprint density at radius 3 is 2.61 bits per heavy atom. The van der Waals surface area contributed by atoms with Crippen molar-refractivity contribution in [2.24, 2.45) is 17.4 Å². The number of nitrogens with two attached hydrogens (primary N) is 2. The average molecular weight is 320 g/mol. The van der Waals surface area contributed by atoms with Crippen LogP contribution in [0.15, 0.2) is 18.2 Å². The van der Waals surface area contributed by atoms with Crippen LogP contribution in [0.3, 0.4) is 0 Å². The minimum absolute atomic E-state index is 0.0992. The molecule has 2 amide bonds. The van der Waals surface area contributed by atoms with Crippen LogP contribution in [0.2, 0.25) is 0 Å². The number of primary amides is 2. The SMILES string of the molecule is C[C@@H]1CC[C@@H](C(N)=O)CN1Cc1ccc(C(N)=O)cc1[N+](=O)[O-]. The van der Waals surface area contributed by atoms with Crippen molar-refractivity contribution in [3.63, 3.8) is 0 Å². The third-order valence-corrected chi connectivity index (χ3v) is 4.35. The number of hydrogen-bond acceptors (Lipinski definition) is 5. The molecule has 0 unspecified atom stereocenters. The molecule has 0 radical (unpaired) electrons. The Morgan fingerprint density at radius 2 is 2.04 bits per heavy atom. The predicted octanol–water partition coefficient (Wildman–Crippen LogP) is 0.780. The largest absolute Gasteiger partial charge is 0.369 e. The number of rotatable bonds is 5. The number of amides is 2. The number of nitro benzene ring substituents is 1. The predicted molar refractivity (Wildman–Crippen MR) is 83.4 cm³/mol. The molecule has 4 N–H and O–H groups in total. The van der Waals surface area contributed by atoms with Gasteiger partial charge in [-0.3, -0.25) is 24.6 Å². The van der Waals surface area contributed by atoms with Crippen molar-refractivity contribution in [1.82, 2.24) is 4.90 Å². The topological polar surface area (TPSA) is 133 Å². The number of benzene rings is 1. The van der Waals surface area contributed by atoms with E-state index >= 15 is 0 Å². The summed E-state index contributed by atoms with van der Waals surface area (Å²) in [6.07, 6.45) is 1.54. The van der Waals surface area contributed by atoms with E-state index in [0.29, 0.717) is 18.7 Å². The van der Waals surface area contributed by atoms with Crippen LogP contribution in [0.1, 0.15) is 35.7 Å². The lowest BCUT2D eigenvalue weighted by Gasteiger charge is -2.36. The molecule has 0 bridgehead atoms. The number of carbonyl (C=O) groups excluding carboxylic acids is 2. The highest BCUT2D eigenvalue weighted by Gasteiger charge is 2.30. The third kappa shape index (κ3) is 3.84. The maximum atomic E-state index is 11.4. The highest BCUT2D eigenvalue weighted by atomic mass is 16.6. The van der Waals surface area contributed by atoms with Gasteiger partial charge >= 0.3 is 0 Å². The second-order valence-electron chi connectivity index (χ2n) is 5.92. The van der Waals surface area contributed by atoms with E-state index in [2.05, 4.69) is 0 Å². The normalized spacial score (nSPS) is 21.8. The van der Waals surface area contributed by atoms with E-state index < -0.39 is 10.8 Å². The molecule has 2 atom stereocenters. The van der Waals surface area contributed by atoms with E-state index in [0.717, 1.165) is 12.8 Å². The first kappa shape index (κ1) is 16.9. The number of hydrogen-bond donors (Lipinski definition) is 2. The zero-order valence-corrected chi connectivity index (χ0v) is 12.9. The van der Waals surface area contributed by atoms with Crippen LogP contribution in [0.5, 0.6) is 0 Å². The maximum absolute atomic E-state index is 11.4. The van der Waals surface area contributed by atoms with Crippen molar-refractivity contribution in [3.8, 4) is 0 Å². The highest BCUT2D eigenvalue weighted by Crippen LogP contribution is 2.27. The molecule has 1 fully saturated rings. The van der Waals surface area contributed by atoms with Crippen molar-refractivity contribution in [1.29, 1.82) is 0 Å². The van der Waals surface area contributed by atoms with Gasteiger partial charge in [0.05, 0.1) is 10.8 Å². The van der Waals surface area contributed by atoms with Gasteiger partial charge in [0.15, 0.2) is 0 Å². The van der Waals surface area contributed by atoms with Gasteiger partial charge in [0.2, 0.25) is 11.8 Å². The molecular weight excluding hydrogens is 300 g/mol. The fraction of sp³-hybridized carbons (Fsp3) is 0.467. The minimum atomic E-state index is -0.709. The molecule has 1 aromatic rings. The molecule has 1 aromatic carbocycles. The summed E-state index contributed by atoms with van der Waals surface area (Å²) >= 11 is 0. The Labute approximate surface area is 133 Å². The molecule has 0 saturated carbocycles. The van der Waals surface area contributed by atoms with Crippen molar-refractivity contribution < 1.29 is 14.5 Å². The molecule has 23 heavy (non-hydrogen) atoms. The maximum Gasteiger partial charge on any atom is 0.274 e. The summed E-state index contributed by atoms with van der Waals surface area (Å²) in [7, 11) is 0. The van der Waals surface area contributed by atoms with Crippen LogP contribution >= 0.6 is 0 Å². The molecule has 1 saturated heterocycles. The van der Waals surface area contributed by atoms with Crippen LogP contribution in [-0.4, -0.2) is 34.2 Å². The molecule has 8 heteroatoms. The first-order valence-electron chi connectivity index (χ1n) is 7.40. The number of likely N-dealkylation sites (tertiary alicyclic amines) is 1. The van der Waals surface area contributed by atoms with Gasteiger partial charge in [0.1, 0.15) is 0 Å². The molecule has 1 aliphatic heterocycles. The summed E-state index contributed by atoms with van der Waals surface area (Å²) in [5.74, 6) is -1.30. The van der Waals surface area contributed by atoms with Crippen LogP contribution in [0, 0.1) is 16.0 Å². The van der Waals surface area contributed by atoms with Gasteiger partial charge in [-0.1, -0.05) is 6.07 Å². The van der Waals surface area contributed by atoms with E-state index in [1.54, 1.807) is 6.07 Å². The lowest BCUT2D eigenvalue weighted by Crippen LogP contribution is -2.45. The fourth-order valence-electron chi connectivity index (χ4n) is 2.87. The molecule has 1 aliphatic rings. The second-order valence-corrected chi connectivity index (χ2v) is 5.92. The Kier molecular flexibility index (Phi) is 4.95. The first-order valence-corrected chi connectivity index (χ1v) is 7.40. The zero-order chi connectivity index (χ0) is 17.1. The Morgan fingerprint density at radius 1 is 1.35 bits per heavy atom.